The van der Waals surface area contributed by atoms with Crippen LogP contribution in [0.1, 0.15) is 33.1 Å². The van der Waals surface area contributed by atoms with E-state index in [2.05, 4.69) is 16.5 Å². The first-order valence-corrected chi connectivity index (χ1v) is 12.3. The van der Waals surface area contributed by atoms with E-state index < -0.39 is 0 Å². The Hall–Kier alpha value is -2.61. The highest BCUT2D eigenvalue weighted by Gasteiger charge is 2.29. The summed E-state index contributed by atoms with van der Waals surface area (Å²) in [6.45, 7) is 10.6. The molecule has 0 aliphatic carbocycles. The monoisotopic (exact) mass is 501 g/mol. The Morgan fingerprint density at radius 1 is 1.18 bits per heavy atom. The summed E-state index contributed by atoms with van der Waals surface area (Å²) in [5.41, 5.74) is 2.78. The van der Waals surface area contributed by atoms with Gasteiger partial charge in [-0.05, 0) is 50.1 Å². The molecule has 4 rings (SSSR count). The average Bonchev–Trinajstić information content (AvgIpc) is 3.12. The van der Waals surface area contributed by atoms with Crippen molar-refractivity contribution in [2.45, 2.75) is 45.7 Å². The summed E-state index contributed by atoms with van der Waals surface area (Å²) in [6, 6.07) is 9.16. The van der Waals surface area contributed by atoms with Gasteiger partial charge in [0.1, 0.15) is 0 Å². The van der Waals surface area contributed by atoms with E-state index in [0.29, 0.717) is 34.4 Å². The molecule has 0 saturated carbocycles. The zero-order chi connectivity index (χ0) is 24.4. The zero-order valence-corrected chi connectivity index (χ0v) is 21.0. The molecule has 9 heteroatoms. The van der Waals surface area contributed by atoms with Crippen LogP contribution in [0.4, 0.5) is 5.69 Å². The lowest BCUT2D eigenvalue weighted by Gasteiger charge is -2.38. The number of fused-ring (bicyclic) bond motifs is 1. The Morgan fingerprint density at radius 3 is 2.56 bits per heavy atom. The second kappa shape index (κ2) is 10.3. The summed E-state index contributed by atoms with van der Waals surface area (Å²) in [5, 5.41) is 0.917. The number of aromatic nitrogens is 3. The van der Waals surface area contributed by atoms with E-state index in [4.69, 9.17) is 23.2 Å². The fraction of sp³-hybridized carbons (Fsp3) is 0.400. The molecule has 1 aliphatic rings. The lowest BCUT2D eigenvalue weighted by Crippen LogP contribution is -2.48. The van der Waals surface area contributed by atoms with Crippen LogP contribution in [0.5, 0.6) is 0 Å². The topological polar surface area (TPSA) is 63.4 Å². The standard InChI is InChI=1S/C25H29Cl2N5O2/c1-4-23(33)32(19-7-8-20(26)21(27)16-19)18-9-12-29(13-10-18)14-15-30-24-22(6-5-11-28-24)31(17(2)3)25(30)34/h5-8,11,16,18H,2,4,9-10,12-15H2,1,3H3. The number of imidazole rings is 1. The third kappa shape index (κ3) is 4.78. The van der Waals surface area contributed by atoms with Gasteiger partial charge in [0.05, 0.1) is 15.6 Å². The zero-order valence-electron chi connectivity index (χ0n) is 19.5. The minimum absolute atomic E-state index is 0.0714. The predicted octanol–water partition coefficient (Wildman–Crippen LogP) is 4.90. The molecule has 1 amide bonds. The van der Waals surface area contributed by atoms with Crippen LogP contribution in [0, 0.1) is 0 Å². The number of amides is 1. The largest absolute Gasteiger partial charge is 0.334 e. The summed E-state index contributed by atoms with van der Waals surface area (Å²) in [5.74, 6) is 0.0714. The lowest BCUT2D eigenvalue weighted by atomic mass is 10.0. The van der Waals surface area contributed by atoms with E-state index >= 15 is 0 Å². The highest BCUT2D eigenvalue weighted by Crippen LogP contribution is 2.31. The van der Waals surface area contributed by atoms with Crippen LogP contribution in [0.25, 0.3) is 16.9 Å². The molecule has 1 saturated heterocycles. The average molecular weight is 502 g/mol. The number of likely N-dealkylation sites (tertiary alicyclic amines) is 1. The fourth-order valence-corrected chi connectivity index (χ4v) is 4.95. The number of carbonyl (C=O) groups is 1. The van der Waals surface area contributed by atoms with Crippen molar-refractivity contribution in [1.82, 2.24) is 19.0 Å². The van der Waals surface area contributed by atoms with Gasteiger partial charge in [0, 0.05) is 56.2 Å². The number of benzene rings is 1. The summed E-state index contributed by atoms with van der Waals surface area (Å²) in [6.07, 6.45) is 3.80. The summed E-state index contributed by atoms with van der Waals surface area (Å²) in [7, 11) is 0. The van der Waals surface area contributed by atoms with Crippen LogP contribution >= 0.6 is 23.2 Å². The van der Waals surface area contributed by atoms with Crippen molar-refractivity contribution in [3.8, 4) is 0 Å². The molecule has 0 unspecified atom stereocenters. The SMILES string of the molecule is C=C(C)n1c(=O)n(CCN2CCC(N(C(=O)CC)c3ccc(Cl)c(Cl)c3)CC2)c2ncccc21. The molecule has 34 heavy (non-hydrogen) atoms. The van der Waals surface area contributed by atoms with Gasteiger partial charge in [0.15, 0.2) is 5.65 Å². The van der Waals surface area contributed by atoms with Crippen LogP contribution in [0.2, 0.25) is 10.0 Å². The molecular weight excluding hydrogens is 473 g/mol. The summed E-state index contributed by atoms with van der Waals surface area (Å²) >= 11 is 12.3. The van der Waals surface area contributed by atoms with Crippen molar-refractivity contribution < 1.29 is 4.79 Å². The predicted molar refractivity (Wildman–Crippen MR) is 139 cm³/mol. The van der Waals surface area contributed by atoms with E-state index in [9.17, 15) is 9.59 Å². The number of halogens is 2. The maximum absolute atomic E-state index is 13.0. The fourth-order valence-electron chi connectivity index (χ4n) is 4.66. The molecule has 0 radical (unpaired) electrons. The van der Waals surface area contributed by atoms with Gasteiger partial charge in [0.2, 0.25) is 5.91 Å². The first-order valence-electron chi connectivity index (χ1n) is 11.5. The second-order valence-electron chi connectivity index (χ2n) is 8.64. The minimum Gasteiger partial charge on any atom is -0.309 e. The number of hydrogen-bond donors (Lipinski definition) is 0. The smallest absolute Gasteiger partial charge is 0.309 e. The number of carbonyl (C=O) groups excluding carboxylic acids is 1. The third-order valence-electron chi connectivity index (χ3n) is 6.38. The van der Waals surface area contributed by atoms with Gasteiger partial charge >= 0.3 is 5.69 Å². The van der Waals surface area contributed by atoms with E-state index in [1.54, 1.807) is 27.5 Å². The van der Waals surface area contributed by atoms with E-state index in [-0.39, 0.29) is 17.6 Å². The van der Waals surface area contributed by atoms with Gasteiger partial charge in [-0.15, -0.1) is 0 Å². The van der Waals surface area contributed by atoms with Crippen molar-refractivity contribution in [3.05, 3.63) is 63.6 Å². The van der Waals surface area contributed by atoms with Gasteiger partial charge in [-0.3, -0.25) is 13.9 Å². The van der Waals surface area contributed by atoms with Gasteiger partial charge < -0.3 is 9.80 Å². The number of piperidine rings is 1. The molecule has 3 heterocycles. The minimum atomic E-state index is -0.115. The highest BCUT2D eigenvalue weighted by atomic mass is 35.5. The number of nitrogens with zero attached hydrogens (tertiary/aromatic N) is 5. The molecule has 2 aromatic heterocycles. The maximum atomic E-state index is 13.0. The van der Waals surface area contributed by atoms with E-state index in [1.165, 1.54) is 0 Å². The van der Waals surface area contributed by atoms with Gasteiger partial charge in [-0.2, -0.15) is 0 Å². The van der Waals surface area contributed by atoms with Crippen LogP contribution in [0.3, 0.4) is 0 Å². The number of hydrogen-bond acceptors (Lipinski definition) is 4. The number of anilines is 1. The van der Waals surface area contributed by atoms with Crippen molar-refractivity contribution in [2.75, 3.05) is 24.5 Å². The first-order chi connectivity index (χ1) is 16.3. The van der Waals surface area contributed by atoms with Crippen LogP contribution in [-0.2, 0) is 11.3 Å². The molecule has 1 aromatic carbocycles. The molecule has 1 aliphatic heterocycles. The van der Waals surface area contributed by atoms with Crippen LogP contribution < -0.4 is 10.6 Å². The summed E-state index contributed by atoms with van der Waals surface area (Å²) < 4.78 is 3.33. The number of allylic oxidation sites excluding steroid dienone is 1. The van der Waals surface area contributed by atoms with Crippen molar-refractivity contribution in [2.24, 2.45) is 0 Å². The normalized spacial score (nSPS) is 15.1. The van der Waals surface area contributed by atoms with Gasteiger partial charge in [-0.25, -0.2) is 9.78 Å². The third-order valence-corrected chi connectivity index (χ3v) is 7.12. The quantitative estimate of drug-likeness (QED) is 0.461. The Bertz CT molecular complexity index is 1270. The number of pyridine rings is 1. The van der Waals surface area contributed by atoms with Gasteiger partial charge in [-0.1, -0.05) is 36.7 Å². The molecule has 0 atom stereocenters. The molecule has 3 aromatic rings. The van der Waals surface area contributed by atoms with E-state index in [0.717, 1.165) is 43.7 Å². The molecule has 0 N–H and O–H groups in total. The molecule has 0 spiro atoms. The highest BCUT2D eigenvalue weighted by molar-refractivity contribution is 6.42. The van der Waals surface area contributed by atoms with E-state index in [1.807, 2.05) is 36.9 Å². The Kier molecular flexibility index (Phi) is 7.45. The number of rotatable bonds is 7. The molecule has 1 fully saturated rings. The Labute approximate surface area is 209 Å². The summed E-state index contributed by atoms with van der Waals surface area (Å²) in [4.78, 5) is 34.4. The molecular formula is C25H29Cl2N5O2. The van der Waals surface area contributed by atoms with Crippen molar-refractivity contribution in [1.29, 1.82) is 0 Å². The van der Waals surface area contributed by atoms with Crippen molar-refractivity contribution >= 4 is 51.7 Å². The van der Waals surface area contributed by atoms with Gasteiger partial charge in [0.25, 0.3) is 0 Å². The second-order valence-corrected chi connectivity index (χ2v) is 9.45. The van der Waals surface area contributed by atoms with Crippen molar-refractivity contribution in [3.63, 3.8) is 0 Å². The molecule has 180 valence electrons. The van der Waals surface area contributed by atoms with Crippen LogP contribution in [0.15, 0.2) is 47.9 Å². The Morgan fingerprint density at radius 2 is 1.91 bits per heavy atom. The van der Waals surface area contributed by atoms with Crippen LogP contribution in [-0.4, -0.2) is 50.6 Å². The lowest BCUT2D eigenvalue weighted by molar-refractivity contribution is -0.119. The molecule has 7 nitrogen and oxygen atoms in total. The Balaban J connectivity index is 1.45. The maximum Gasteiger partial charge on any atom is 0.334 e. The first kappa shape index (κ1) is 24.5. The molecule has 0 bridgehead atoms.